The predicted octanol–water partition coefficient (Wildman–Crippen LogP) is 3.24. The molecule has 3 aromatic rings. The lowest BCUT2D eigenvalue weighted by molar-refractivity contribution is -0.121. The predicted molar refractivity (Wildman–Crippen MR) is 104 cm³/mol. The van der Waals surface area contributed by atoms with E-state index < -0.39 is 0 Å². The van der Waals surface area contributed by atoms with Crippen LogP contribution < -0.4 is 10.6 Å². The van der Waals surface area contributed by atoms with Crippen LogP contribution in [0.2, 0.25) is 0 Å². The monoisotopic (exact) mass is 430 g/mol. The molecule has 0 fully saturated rings. The zero-order chi connectivity index (χ0) is 19.2. The standard InChI is InChI=1S/C19H19BrN4O3/c1-13(11-24-9-8-21-12-24)22-18(25)10-14-2-4-15(5-3-14)23-19(26)16-6-7-17(20)27-16/h2-9,12-13H,10-11H2,1H3,(H,22,25)(H,23,26). The van der Waals surface area contributed by atoms with Crippen LogP contribution in [-0.4, -0.2) is 27.4 Å². The third-order valence-electron chi connectivity index (χ3n) is 3.82. The Hall–Kier alpha value is -2.87. The van der Waals surface area contributed by atoms with Gasteiger partial charge in [-0.15, -0.1) is 0 Å². The number of amides is 2. The first kappa shape index (κ1) is 18.9. The minimum absolute atomic E-state index is 0.00196. The summed E-state index contributed by atoms with van der Waals surface area (Å²) in [6.07, 6.45) is 5.56. The van der Waals surface area contributed by atoms with Crippen LogP contribution >= 0.6 is 15.9 Å². The first-order valence-corrected chi connectivity index (χ1v) is 9.19. The van der Waals surface area contributed by atoms with E-state index in [0.29, 0.717) is 16.9 Å². The van der Waals surface area contributed by atoms with Gasteiger partial charge in [0.15, 0.2) is 10.4 Å². The van der Waals surface area contributed by atoms with Gasteiger partial charge in [-0.1, -0.05) is 12.1 Å². The van der Waals surface area contributed by atoms with Gasteiger partial charge in [-0.2, -0.15) is 0 Å². The number of rotatable bonds is 7. The van der Waals surface area contributed by atoms with Crippen molar-refractivity contribution in [3.8, 4) is 0 Å². The molecule has 1 unspecified atom stereocenters. The fourth-order valence-corrected chi connectivity index (χ4v) is 2.91. The Morgan fingerprint density at radius 3 is 2.63 bits per heavy atom. The summed E-state index contributed by atoms with van der Waals surface area (Å²) in [4.78, 5) is 28.2. The molecule has 2 N–H and O–H groups in total. The number of hydrogen-bond acceptors (Lipinski definition) is 4. The number of carbonyl (C=O) groups is 2. The summed E-state index contributed by atoms with van der Waals surface area (Å²) in [6, 6.07) is 10.4. The maximum Gasteiger partial charge on any atom is 0.291 e. The van der Waals surface area contributed by atoms with Gasteiger partial charge >= 0.3 is 0 Å². The largest absolute Gasteiger partial charge is 0.444 e. The van der Waals surface area contributed by atoms with E-state index in [2.05, 4.69) is 31.5 Å². The number of furan rings is 1. The average molecular weight is 431 g/mol. The van der Waals surface area contributed by atoms with E-state index in [0.717, 1.165) is 5.56 Å². The lowest BCUT2D eigenvalue weighted by Crippen LogP contribution is -2.36. The van der Waals surface area contributed by atoms with E-state index in [9.17, 15) is 9.59 Å². The zero-order valence-electron chi connectivity index (χ0n) is 14.7. The molecule has 2 aromatic heterocycles. The highest BCUT2D eigenvalue weighted by Gasteiger charge is 2.12. The number of hydrogen-bond donors (Lipinski definition) is 2. The molecule has 3 rings (SSSR count). The van der Waals surface area contributed by atoms with Crippen molar-refractivity contribution < 1.29 is 14.0 Å². The van der Waals surface area contributed by atoms with Gasteiger partial charge in [0.25, 0.3) is 5.91 Å². The maximum absolute atomic E-state index is 12.2. The zero-order valence-corrected chi connectivity index (χ0v) is 16.3. The fourth-order valence-electron chi connectivity index (χ4n) is 2.60. The first-order valence-electron chi connectivity index (χ1n) is 8.40. The minimum Gasteiger partial charge on any atom is -0.444 e. The van der Waals surface area contributed by atoms with E-state index in [1.54, 1.807) is 36.8 Å². The third-order valence-corrected chi connectivity index (χ3v) is 4.25. The van der Waals surface area contributed by atoms with Crippen molar-refractivity contribution in [2.75, 3.05) is 5.32 Å². The molecule has 8 heteroatoms. The molecular weight excluding hydrogens is 412 g/mol. The van der Waals surface area contributed by atoms with Crippen LogP contribution in [0.25, 0.3) is 0 Å². The second-order valence-corrected chi connectivity index (χ2v) is 6.94. The summed E-state index contributed by atoms with van der Waals surface area (Å²) < 4.78 is 7.63. The number of imidazole rings is 1. The third kappa shape index (κ3) is 5.55. The molecule has 2 amide bonds. The number of carbonyl (C=O) groups excluding carboxylic acids is 2. The van der Waals surface area contributed by atoms with Crippen LogP contribution in [0.4, 0.5) is 5.69 Å². The molecule has 0 saturated heterocycles. The van der Waals surface area contributed by atoms with Crippen molar-refractivity contribution in [3.05, 3.63) is 71.1 Å². The van der Waals surface area contributed by atoms with Gasteiger partial charge in [0.05, 0.1) is 12.7 Å². The molecule has 1 atom stereocenters. The van der Waals surface area contributed by atoms with Gasteiger partial charge in [0, 0.05) is 30.7 Å². The van der Waals surface area contributed by atoms with E-state index in [1.165, 1.54) is 0 Å². The van der Waals surface area contributed by atoms with Crippen LogP contribution in [0.15, 0.2) is 64.2 Å². The molecule has 0 spiro atoms. The molecule has 0 radical (unpaired) electrons. The Morgan fingerprint density at radius 2 is 2.00 bits per heavy atom. The number of nitrogens with one attached hydrogen (secondary N) is 2. The Balaban J connectivity index is 1.49. The smallest absolute Gasteiger partial charge is 0.291 e. The molecule has 2 heterocycles. The molecule has 0 saturated carbocycles. The first-order chi connectivity index (χ1) is 13.0. The van der Waals surface area contributed by atoms with Gasteiger partial charge in [0.2, 0.25) is 5.91 Å². The lowest BCUT2D eigenvalue weighted by atomic mass is 10.1. The summed E-state index contributed by atoms with van der Waals surface area (Å²) in [6.45, 7) is 2.61. The second kappa shape index (κ2) is 8.68. The van der Waals surface area contributed by atoms with Crippen LogP contribution in [0.1, 0.15) is 23.0 Å². The minimum atomic E-state index is -0.334. The van der Waals surface area contributed by atoms with Gasteiger partial charge in [0.1, 0.15) is 0 Å². The fraction of sp³-hybridized carbons (Fsp3) is 0.211. The highest BCUT2D eigenvalue weighted by molar-refractivity contribution is 9.10. The molecule has 0 aliphatic rings. The number of anilines is 1. The van der Waals surface area contributed by atoms with Crippen molar-refractivity contribution in [2.45, 2.75) is 25.9 Å². The topological polar surface area (TPSA) is 89.2 Å². The van der Waals surface area contributed by atoms with Crippen molar-refractivity contribution in [3.63, 3.8) is 0 Å². The number of halogens is 1. The Morgan fingerprint density at radius 1 is 1.22 bits per heavy atom. The summed E-state index contributed by atoms with van der Waals surface area (Å²) in [7, 11) is 0. The van der Waals surface area contributed by atoms with E-state index in [4.69, 9.17) is 4.42 Å². The van der Waals surface area contributed by atoms with E-state index >= 15 is 0 Å². The normalized spacial score (nSPS) is 11.8. The van der Waals surface area contributed by atoms with E-state index in [-0.39, 0.29) is 30.0 Å². The second-order valence-electron chi connectivity index (χ2n) is 6.16. The Kier molecular flexibility index (Phi) is 6.08. The highest BCUT2D eigenvalue weighted by Crippen LogP contribution is 2.16. The molecule has 0 aliphatic heterocycles. The Labute approximate surface area is 164 Å². The van der Waals surface area contributed by atoms with Crippen LogP contribution in [0.3, 0.4) is 0 Å². The van der Waals surface area contributed by atoms with Crippen LogP contribution in [0, 0.1) is 0 Å². The maximum atomic E-state index is 12.2. The molecular formula is C19H19BrN4O3. The van der Waals surface area contributed by atoms with Gasteiger partial charge < -0.3 is 19.6 Å². The quantitative estimate of drug-likeness (QED) is 0.601. The van der Waals surface area contributed by atoms with Gasteiger partial charge in [-0.25, -0.2) is 4.98 Å². The number of nitrogens with zero attached hydrogens (tertiary/aromatic N) is 2. The summed E-state index contributed by atoms with van der Waals surface area (Å²) in [5.41, 5.74) is 1.49. The van der Waals surface area contributed by atoms with Crippen molar-refractivity contribution in [2.24, 2.45) is 0 Å². The summed E-state index contributed by atoms with van der Waals surface area (Å²) in [5.74, 6) is -0.170. The van der Waals surface area contributed by atoms with Crippen molar-refractivity contribution in [1.82, 2.24) is 14.9 Å². The molecule has 140 valence electrons. The van der Waals surface area contributed by atoms with Crippen LogP contribution in [0.5, 0.6) is 0 Å². The molecule has 1 aromatic carbocycles. The van der Waals surface area contributed by atoms with Crippen LogP contribution in [-0.2, 0) is 17.8 Å². The van der Waals surface area contributed by atoms with Gasteiger partial charge in [-0.3, -0.25) is 9.59 Å². The van der Waals surface area contributed by atoms with E-state index in [1.807, 2.05) is 29.8 Å². The SMILES string of the molecule is CC(Cn1ccnc1)NC(=O)Cc1ccc(NC(=O)c2ccc(Br)o2)cc1. The van der Waals surface area contributed by atoms with Gasteiger partial charge in [-0.05, 0) is 52.7 Å². The molecule has 0 aliphatic carbocycles. The lowest BCUT2D eigenvalue weighted by Gasteiger charge is -2.14. The number of benzene rings is 1. The molecule has 0 bridgehead atoms. The number of aromatic nitrogens is 2. The summed E-state index contributed by atoms with van der Waals surface area (Å²) in [5, 5.41) is 5.71. The summed E-state index contributed by atoms with van der Waals surface area (Å²) >= 11 is 3.16. The highest BCUT2D eigenvalue weighted by atomic mass is 79.9. The van der Waals surface area contributed by atoms with Crippen molar-refractivity contribution in [1.29, 1.82) is 0 Å². The molecule has 7 nitrogen and oxygen atoms in total. The average Bonchev–Trinajstić information content (AvgIpc) is 3.28. The Bertz CT molecular complexity index is 903. The molecule has 27 heavy (non-hydrogen) atoms. The van der Waals surface area contributed by atoms with Crippen molar-refractivity contribution >= 4 is 33.4 Å².